The lowest BCUT2D eigenvalue weighted by Gasteiger charge is -2.20. The van der Waals surface area contributed by atoms with Crippen molar-refractivity contribution in [2.24, 2.45) is 0 Å². The van der Waals surface area contributed by atoms with Crippen molar-refractivity contribution in [3.05, 3.63) is 47.0 Å². The number of thiazole rings is 1. The highest BCUT2D eigenvalue weighted by atomic mass is 32.1. The van der Waals surface area contributed by atoms with Crippen molar-refractivity contribution in [3.8, 4) is 5.75 Å². The summed E-state index contributed by atoms with van der Waals surface area (Å²) in [6.45, 7) is 2.09. The van der Waals surface area contributed by atoms with E-state index in [2.05, 4.69) is 22.2 Å². The van der Waals surface area contributed by atoms with Crippen molar-refractivity contribution in [1.82, 2.24) is 9.88 Å². The number of ether oxygens (including phenoxy) is 1. The number of para-hydroxylation sites is 2. The normalized spacial score (nSPS) is 13.4. The summed E-state index contributed by atoms with van der Waals surface area (Å²) in [6.07, 6.45) is 2.15. The second kappa shape index (κ2) is 9.70. The van der Waals surface area contributed by atoms with Gasteiger partial charge in [0.25, 0.3) is 0 Å². The monoisotopic (exact) mass is 391 g/mol. The number of fused-ring (bicyclic) bond motifs is 1. The molecule has 27 heavy (non-hydrogen) atoms. The maximum atomic E-state index is 9.55. The summed E-state index contributed by atoms with van der Waals surface area (Å²) in [4.78, 5) is 27.5. The van der Waals surface area contributed by atoms with E-state index in [0.717, 1.165) is 36.1 Å². The zero-order chi connectivity index (χ0) is 19.8. The number of aliphatic carboxylic acids is 2. The molecule has 0 saturated heterocycles. The Labute approximate surface area is 160 Å². The molecule has 0 fully saturated rings. The SMILES string of the molecule is COc1ccccc1Nc1nc2c(s1)CN(C)CC2.O=C(O)C=CC(=O)O. The lowest BCUT2D eigenvalue weighted by Crippen LogP contribution is -2.25. The molecule has 3 rings (SSSR count). The Morgan fingerprint density at radius 1 is 1.26 bits per heavy atom. The van der Waals surface area contributed by atoms with Gasteiger partial charge in [-0.2, -0.15) is 0 Å². The summed E-state index contributed by atoms with van der Waals surface area (Å²) in [5.41, 5.74) is 2.20. The summed E-state index contributed by atoms with van der Waals surface area (Å²) >= 11 is 1.73. The predicted molar refractivity (Wildman–Crippen MR) is 103 cm³/mol. The van der Waals surface area contributed by atoms with Gasteiger partial charge in [-0.3, -0.25) is 0 Å². The van der Waals surface area contributed by atoms with E-state index in [1.165, 1.54) is 10.6 Å². The number of carboxylic acid groups (broad SMARTS) is 2. The first-order chi connectivity index (χ1) is 12.9. The van der Waals surface area contributed by atoms with E-state index in [9.17, 15) is 9.59 Å². The van der Waals surface area contributed by atoms with Gasteiger partial charge in [-0.1, -0.05) is 12.1 Å². The smallest absolute Gasteiger partial charge is 0.328 e. The Morgan fingerprint density at radius 2 is 1.93 bits per heavy atom. The minimum atomic E-state index is -1.26. The molecular weight excluding hydrogens is 370 g/mol. The van der Waals surface area contributed by atoms with E-state index in [4.69, 9.17) is 14.9 Å². The summed E-state index contributed by atoms with van der Waals surface area (Å²) in [6, 6.07) is 7.91. The van der Waals surface area contributed by atoms with Crippen molar-refractivity contribution in [1.29, 1.82) is 0 Å². The lowest BCUT2D eigenvalue weighted by molar-refractivity contribution is -0.134. The first kappa shape index (κ1) is 20.4. The highest BCUT2D eigenvalue weighted by molar-refractivity contribution is 7.15. The number of hydrogen-bond acceptors (Lipinski definition) is 7. The maximum absolute atomic E-state index is 9.55. The molecule has 0 radical (unpaired) electrons. The Balaban J connectivity index is 0.000000279. The number of benzene rings is 1. The van der Waals surface area contributed by atoms with Gasteiger partial charge in [-0.05, 0) is 19.2 Å². The Bertz CT molecular complexity index is 818. The lowest BCUT2D eigenvalue weighted by atomic mass is 10.2. The molecule has 0 saturated carbocycles. The standard InChI is InChI=1S/C14H17N3OS.C4H4O4/c1-17-8-7-11-13(9-17)19-14(16-11)15-10-5-3-4-6-12(10)18-2;5-3(6)1-2-4(7)8/h3-6H,7-9H2,1-2H3,(H,15,16);1-2H,(H,5,6)(H,7,8). The van der Waals surface area contributed by atoms with Gasteiger partial charge in [0.15, 0.2) is 5.13 Å². The van der Waals surface area contributed by atoms with Crippen LogP contribution in [0.15, 0.2) is 36.4 Å². The Morgan fingerprint density at radius 3 is 2.56 bits per heavy atom. The van der Waals surface area contributed by atoms with Gasteiger partial charge in [-0.15, -0.1) is 11.3 Å². The van der Waals surface area contributed by atoms with E-state index >= 15 is 0 Å². The molecule has 0 bridgehead atoms. The zero-order valence-corrected chi connectivity index (χ0v) is 15.8. The minimum Gasteiger partial charge on any atom is -0.495 e. The number of nitrogens with one attached hydrogen (secondary N) is 1. The number of anilines is 2. The Hall–Kier alpha value is -2.91. The van der Waals surface area contributed by atoms with E-state index in [1.54, 1.807) is 18.4 Å². The second-order valence-corrected chi connectivity index (χ2v) is 6.80. The van der Waals surface area contributed by atoms with Crippen LogP contribution in [-0.2, 0) is 22.6 Å². The number of nitrogens with zero attached hydrogens (tertiary/aromatic N) is 2. The average Bonchev–Trinajstić information content (AvgIpc) is 3.02. The van der Waals surface area contributed by atoms with Crippen LogP contribution >= 0.6 is 11.3 Å². The molecule has 0 unspecified atom stereocenters. The van der Waals surface area contributed by atoms with Crippen LogP contribution in [0.3, 0.4) is 0 Å². The van der Waals surface area contributed by atoms with E-state index in [-0.39, 0.29) is 0 Å². The molecule has 0 aliphatic carbocycles. The number of likely N-dealkylation sites (N-methyl/N-ethyl adjacent to an activating group) is 1. The number of hydrogen-bond donors (Lipinski definition) is 3. The molecule has 144 valence electrons. The molecule has 0 spiro atoms. The van der Waals surface area contributed by atoms with Gasteiger partial charge in [-0.25, -0.2) is 14.6 Å². The maximum Gasteiger partial charge on any atom is 0.328 e. The van der Waals surface area contributed by atoms with Gasteiger partial charge in [0, 0.05) is 36.5 Å². The number of carboxylic acids is 2. The molecule has 1 aliphatic heterocycles. The topological polar surface area (TPSA) is 112 Å². The third-order valence-electron chi connectivity index (χ3n) is 3.64. The van der Waals surface area contributed by atoms with Gasteiger partial charge >= 0.3 is 11.9 Å². The highest BCUT2D eigenvalue weighted by Crippen LogP contribution is 2.32. The number of aromatic nitrogens is 1. The molecule has 3 N–H and O–H groups in total. The highest BCUT2D eigenvalue weighted by Gasteiger charge is 2.18. The van der Waals surface area contributed by atoms with Crippen molar-refractivity contribution < 1.29 is 24.5 Å². The summed E-state index contributed by atoms with van der Waals surface area (Å²) < 4.78 is 5.34. The van der Waals surface area contributed by atoms with Crippen LogP contribution in [0.2, 0.25) is 0 Å². The van der Waals surface area contributed by atoms with Crippen LogP contribution in [0.1, 0.15) is 10.6 Å². The first-order valence-corrected chi connectivity index (χ1v) is 8.91. The largest absolute Gasteiger partial charge is 0.495 e. The van der Waals surface area contributed by atoms with Crippen LogP contribution in [0.25, 0.3) is 0 Å². The molecule has 8 nitrogen and oxygen atoms in total. The Kier molecular flexibility index (Phi) is 7.33. The first-order valence-electron chi connectivity index (χ1n) is 8.10. The molecule has 0 amide bonds. The van der Waals surface area contributed by atoms with Gasteiger partial charge in [0.1, 0.15) is 5.75 Å². The fourth-order valence-electron chi connectivity index (χ4n) is 2.38. The van der Waals surface area contributed by atoms with Crippen LogP contribution in [0.4, 0.5) is 10.8 Å². The average molecular weight is 391 g/mol. The van der Waals surface area contributed by atoms with Crippen molar-refractivity contribution >= 4 is 34.1 Å². The quantitative estimate of drug-likeness (QED) is 0.667. The van der Waals surface area contributed by atoms with Crippen molar-refractivity contribution in [2.45, 2.75) is 13.0 Å². The fraction of sp³-hybridized carbons (Fsp3) is 0.278. The summed E-state index contributed by atoms with van der Waals surface area (Å²) in [5, 5.41) is 19.9. The molecule has 1 aliphatic rings. The van der Waals surface area contributed by atoms with Crippen LogP contribution in [-0.4, -0.2) is 52.7 Å². The van der Waals surface area contributed by atoms with Gasteiger partial charge in [0.2, 0.25) is 0 Å². The molecule has 0 atom stereocenters. The van der Waals surface area contributed by atoms with Crippen molar-refractivity contribution in [3.63, 3.8) is 0 Å². The minimum absolute atomic E-state index is 0.558. The van der Waals surface area contributed by atoms with Crippen LogP contribution in [0.5, 0.6) is 5.75 Å². The third kappa shape index (κ3) is 6.39. The molecule has 1 aromatic heterocycles. The predicted octanol–water partition coefficient (Wildman–Crippen LogP) is 2.59. The van der Waals surface area contributed by atoms with E-state index in [1.807, 2.05) is 24.3 Å². The number of rotatable bonds is 5. The van der Waals surface area contributed by atoms with Gasteiger partial charge < -0.3 is 25.2 Å². The summed E-state index contributed by atoms with van der Waals surface area (Å²) in [5.74, 6) is -1.67. The van der Waals surface area contributed by atoms with Gasteiger partial charge in [0.05, 0.1) is 18.5 Å². The van der Waals surface area contributed by atoms with Crippen LogP contribution in [0, 0.1) is 0 Å². The molecular formula is C18H21N3O5S. The molecule has 9 heteroatoms. The molecule has 1 aromatic carbocycles. The molecule has 2 heterocycles. The fourth-order valence-corrected chi connectivity index (χ4v) is 3.48. The number of methoxy groups -OCH3 is 1. The zero-order valence-electron chi connectivity index (χ0n) is 15.0. The third-order valence-corrected chi connectivity index (χ3v) is 4.64. The second-order valence-electron chi connectivity index (χ2n) is 5.71. The van der Waals surface area contributed by atoms with Crippen LogP contribution < -0.4 is 10.1 Å². The molecule has 2 aromatic rings. The van der Waals surface area contributed by atoms with Crippen molar-refractivity contribution in [2.75, 3.05) is 26.0 Å². The number of carbonyl (C=O) groups is 2. The van der Waals surface area contributed by atoms with E-state index < -0.39 is 11.9 Å². The summed E-state index contributed by atoms with van der Waals surface area (Å²) in [7, 11) is 3.83. The van der Waals surface area contributed by atoms with E-state index in [0.29, 0.717) is 12.2 Å².